The maximum atomic E-state index is 2.00. The summed E-state index contributed by atoms with van der Waals surface area (Å²) in [7, 11) is 4.00. The van der Waals surface area contributed by atoms with Gasteiger partial charge in [-0.15, -0.1) is 0 Å². The van der Waals surface area contributed by atoms with E-state index in [0.717, 1.165) is 0 Å². The summed E-state index contributed by atoms with van der Waals surface area (Å²) in [6, 6.07) is 0. The van der Waals surface area contributed by atoms with Crippen molar-refractivity contribution in [3.8, 4) is 0 Å². The topological polar surface area (TPSA) is 16.6 Å². The quantitative estimate of drug-likeness (QED) is 0.319. The zero-order valence-corrected chi connectivity index (χ0v) is 11.3. The molecule has 0 saturated heterocycles. The molecule has 2 N–H and O–H groups in total. The Morgan fingerprint density at radius 2 is 1.20 bits per heavy atom. The summed E-state index contributed by atoms with van der Waals surface area (Å²) < 4.78 is 0. The molecule has 0 unspecified atom stereocenters. The van der Waals surface area contributed by atoms with Gasteiger partial charge in [0, 0.05) is 0 Å². The third kappa shape index (κ3) is 28.2. The summed E-state index contributed by atoms with van der Waals surface area (Å²) in [5.74, 6) is 0. The molecule has 0 aliphatic heterocycles. The predicted molar refractivity (Wildman–Crippen MR) is 22.3 cm³/mol. The first-order chi connectivity index (χ1) is 1.41. The molecule has 0 aliphatic rings. The Hall–Kier alpha value is 1.61. The summed E-state index contributed by atoms with van der Waals surface area (Å²) in [5, 5.41) is 2.00. The van der Waals surface area contributed by atoms with Gasteiger partial charge in [0.1, 0.15) is 0 Å². The van der Waals surface area contributed by atoms with Crippen molar-refractivity contribution in [1.82, 2.24) is 0 Å². The molecule has 2 radical (unpaired) electrons. The van der Waals surface area contributed by atoms with E-state index in [1.807, 2.05) is 19.4 Å². The van der Waals surface area contributed by atoms with Crippen LogP contribution in [-0.2, 0) is 0 Å². The summed E-state index contributed by atoms with van der Waals surface area (Å²) in [4.78, 5) is 0. The molecule has 5 heavy (non-hydrogen) atoms. The number of hydrogen-bond donors (Lipinski definition) is 1. The summed E-state index contributed by atoms with van der Waals surface area (Å²) in [5.41, 5.74) is 0. The van der Waals surface area contributed by atoms with Crippen LogP contribution < -0.4 is 29.3 Å². The molecule has 1 nitrogen and oxygen atoms in total. The van der Waals surface area contributed by atoms with Gasteiger partial charge in [-0.25, -0.2) is 0 Å². The van der Waals surface area contributed by atoms with Crippen molar-refractivity contribution in [3.63, 3.8) is 0 Å². The van der Waals surface area contributed by atoms with Crippen molar-refractivity contribution in [2.45, 2.75) is 0 Å². The van der Waals surface area contributed by atoms with Gasteiger partial charge >= 0.3 is 27.3 Å². The second kappa shape index (κ2) is 17.5. The van der Waals surface area contributed by atoms with Gasteiger partial charge in [0.25, 0.3) is 0 Å². The van der Waals surface area contributed by atoms with Crippen molar-refractivity contribution in [2.75, 3.05) is 14.1 Å². The molecule has 0 heterocycles. The van der Waals surface area contributed by atoms with Crippen LogP contribution in [0.25, 0.3) is 0 Å². The van der Waals surface area contributed by atoms with Crippen LogP contribution in [0.15, 0.2) is 0 Å². The third-order valence-corrected chi connectivity index (χ3v) is 0. The average molecular weight is 382 g/mol. The molecule has 0 saturated carbocycles. The van der Waals surface area contributed by atoms with Crippen LogP contribution >= 0.6 is 0 Å². The van der Waals surface area contributed by atoms with Crippen LogP contribution in [-0.4, -0.2) is 41.4 Å². The van der Waals surface area contributed by atoms with E-state index in [4.69, 9.17) is 0 Å². The van der Waals surface area contributed by atoms with E-state index in [9.17, 15) is 0 Å². The number of halogens is 1. The van der Waals surface area contributed by atoms with Gasteiger partial charge < -0.3 is 29.3 Å². The monoisotopic (exact) mass is 383 g/mol. The summed E-state index contributed by atoms with van der Waals surface area (Å²) in [6.07, 6.45) is 0. The Labute approximate surface area is 70.1 Å². The maximum absolute atomic E-state index is 2.00. The molecule has 0 aromatic carbocycles. The van der Waals surface area contributed by atoms with Crippen LogP contribution in [0.3, 0.4) is 0 Å². The molecule has 0 spiro atoms. The standard InChI is InChI=1S/C2H7N.HI.Pb.2H/c1-3-2;;;;/h3H,1-2H3;1H;;;. The van der Waals surface area contributed by atoms with Gasteiger partial charge in [0.2, 0.25) is 0 Å². The van der Waals surface area contributed by atoms with Crippen LogP contribution in [0.1, 0.15) is 0 Å². The van der Waals surface area contributed by atoms with Crippen molar-refractivity contribution in [3.05, 3.63) is 0 Å². The van der Waals surface area contributed by atoms with Gasteiger partial charge in [-0.1, -0.05) is 0 Å². The van der Waals surface area contributed by atoms with Gasteiger partial charge in [-0.3, -0.25) is 0 Å². The Morgan fingerprint density at radius 1 is 1.20 bits per heavy atom. The second-order valence-corrected chi connectivity index (χ2v) is 0.577. The fourth-order valence-corrected chi connectivity index (χ4v) is 0. The fourth-order valence-electron chi connectivity index (χ4n) is 0. The molecule has 0 aromatic rings. The molecule has 34 valence electrons. The molecule has 0 fully saturated rings. The van der Waals surface area contributed by atoms with Crippen LogP contribution in [0.4, 0.5) is 0 Å². The zero-order chi connectivity index (χ0) is 2.71. The average Bonchev–Trinajstić information content (AvgIpc) is 0.918. The normalized spacial score (nSPS) is 3.60. The first-order valence-corrected chi connectivity index (χ1v) is 1.15. The molecule has 0 aliphatic carbocycles. The van der Waals surface area contributed by atoms with Gasteiger partial charge in [-0.05, 0) is 0 Å². The van der Waals surface area contributed by atoms with E-state index >= 15 is 0 Å². The zero-order valence-electron chi connectivity index (χ0n) is 3.66. The first-order valence-electron chi connectivity index (χ1n) is 1.15. The minimum absolute atomic E-state index is 0. The van der Waals surface area contributed by atoms with Crippen LogP contribution in [0.2, 0.25) is 0 Å². The Morgan fingerprint density at radius 3 is 1.20 bits per heavy atom. The Balaban J connectivity index is -0.0000000200. The first kappa shape index (κ1) is 16.0. The number of nitrogens with two attached hydrogens (primary N) is 1. The second-order valence-electron chi connectivity index (χ2n) is 0.577. The number of quaternary nitrogens is 1. The Bertz CT molecular complexity index is 9.61. The SMILES string of the molecule is C[NH2+]C.[I-].[PbH2]. The van der Waals surface area contributed by atoms with Crippen LogP contribution in [0, 0.1) is 0 Å². The van der Waals surface area contributed by atoms with Crippen molar-refractivity contribution in [1.29, 1.82) is 0 Å². The van der Waals surface area contributed by atoms with Crippen molar-refractivity contribution < 1.29 is 29.3 Å². The van der Waals surface area contributed by atoms with Gasteiger partial charge in [-0.2, -0.15) is 0 Å². The van der Waals surface area contributed by atoms with E-state index in [-0.39, 0.29) is 51.3 Å². The van der Waals surface area contributed by atoms with E-state index in [2.05, 4.69) is 0 Å². The van der Waals surface area contributed by atoms with E-state index in [1.54, 1.807) is 0 Å². The molecule has 0 aromatic heterocycles. The summed E-state index contributed by atoms with van der Waals surface area (Å²) >= 11 is 0. The molecule has 0 bridgehead atoms. The van der Waals surface area contributed by atoms with Crippen molar-refractivity contribution >= 4 is 27.3 Å². The Kier molecular flexibility index (Phi) is 55.9. The fraction of sp³-hybridized carbons (Fsp3) is 1.00. The molecular formula is C2H10INPb. The molecule has 3 heteroatoms. The predicted octanol–water partition coefficient (Wildman–Crippen LogP) is -5.10. The number of hydrogen-bond acceptors (Lipinski definition) is 0. The van der Waals surface area contributed by atoms with Gasteiger partial charge in [0.05, 0.1) is 14.1 Å². The minimum atomic E-state index is 0. The van der Waals surface area contributed by atoms with Crippen LogP contribution in [0.5, 0.6) is 0 Å². The van der Waals surface area contributed by atoms with E-state index < -0.39 is 0 Å². The number of rotatable bonds is 0. The molecule has 0 amide bonds. The molecule has 0 atom stereocenters. The molecule has 0 rings (SSSR count). The van der Waals surface area contributed by atoms with E-state index in [1.165, 1.54) is 0 Å². The van der Waals surface area contributed by atoms with Gasteiger partial charge in [0.15, 0.2) is 0 Å². The van der Waals surface area contributed by atoms with E-state index in [0.29, 0.717) is 0 Å². The van der Waals surface area contributed by atoms with Crippen molar-refractivity contribution in [2.24, 2.45) is 0 Å². The third-order valence-electron chi connectivity index (χ3n) is 0. The molecular weight excluding hydrogens is 372 g/mol. The summed E-state index contributed by atoms with van der Waals surface area (Å²) in [6.45, 7) is 0.